The molecule has 1 N–H and O–H groups in total. The number of alkyl halides is 3. The van der Waals surface area contributed by atoms with Crippen LogP contribution in [0.2, 0.25) is 5.02 Å². The fraction of sp³-hybridized carbons (Fsp3) is 0.133. The van der Waals surface area contributed by atoms with Crippen LogP contribution in [-0.2, 0) is 4.79 Å². The van der Waals surface area contributed by atoms with Crippen molar-refractivity contribution in [3.8, 4) is 0 Å². The van der Waals surface area contributed by atoms with E-state index in [1.165, 1.54) is 0 Å². The molecule has 0 spiro atoms. The minimum atomic E-state index is -5.27. The number of hydrogen-bond acceptors (Lipinski definition) is 7. The van der Waals surface area contributed by atoms with E-state index in [2.05, 4.69) is 9.97 Å². The molecule has 1 aromatic carbocycles. The number of aliphatic hydroxyl groups excluding tert-OH is 1. The van der Waals surface area contributed by atoms with Crippen LogP contribution in [-0.4, -0.2) is 33.5 Å². The van der Waals surface area contributed by atoms with Gasteiger partial charge in [0.15, 0.2) is 5.16 Å². The first-order valence-corrected chi connectivity index (χ1v) is 9.12. The monoisotopic (exact) mass is 444 g/mol. The SMILES string of the molecule is CSc1ncc(/C(C(=O)[O-])=C(/O)C(F)(F)F)c(Sc2ccc(Cl)cc2)n1.[Na+]. The summed E-state index contributed by atoms with van der Waals surface area (Å²) in [7, 11) is 0. The van der Waals surface area contributed by atoms with E-state index in [-0.39, 0.29) is 39.7 Å². The number of rotatable bonds is 5. The van der Waals surface area contributed by atoms with Crippen molar-refractivity contribution >= 4 is 46.7 Å². The molecule has 0 atom stereocenters. The van der Waals surface area contributed by atoms with Crippen molar-refractivity contribution in [2.45, 2.75) is 21.3 Å². The molecule has 2 aromatic rings. The van der Waals surface area contributed by atoms with Crippen LogP contribution < -0.4 is 34.7 Å². The van der Waals surface area contributed by atoms with Gasteiger partial charge in [-0.25, -0.2) is 9.97 Å². The fourth-order valence-corrected chi connectivity index (χ4v) is 3.21. The van der Waals surface area contributed by atoms with Crippen molar-refractivity contribution in [2.75, 3.05) is 6.26 Å². The van der Waals surface area contributed by atoms with E-state index in [1.807, 2.05) is 0 Å². The number of thioether (sulfide) groups is 1. The molecule has 0 aliphatic heterocycles. The van der Waals surface area contributed by atoms with Gasteiger partial charge in [-0.1, -0.05) is 35.1 Å². The summed E-state index contributed by atoms with van der Waals surface area (Å²) in [6, 6.07) is 6.29. The number of carbonyl (C=O) groups is 1. The van der Waals surface area contributed by atoms with Crippen LogP contribution in [0.4, 0.5) is 13.2 Å². The largest absolute Gasteiger partial charge is 1.00 e. The Bertz CT molecular complexity index is 864. The van der Waals surface area contributed by atoms with Crippen LogP contribution in [0.1, 0.15) is 5.56 Å². The van der Waals surface area contributed by atoms with Gasteiger partial charge in [0.1, 0.15) is 5.03 Å². The van der Waals surface area contributed by atoms with Crippen LogP contribution in [0.3, 0.4) is 0 Å². The molecule has 0 aliphatic carbocycles. The summed E-state index contributed by atoms with van der Waals surface area (Å²) in [5.74, 6) is -4.48. The molecule has 2 rings (SSSR count). The number of aromatic nitrogens is 2. The molecule has 0 saturated carbocycles. The maximum Gasteiger partial charge on any atom is 1.00 e. The molecule has 27 heavy (non-hydrogen) atoms. The summed E-state index contributed by atoms with van der Waals surface area (Å²) in [6.07, 6.45) is -2.71. The Morgan fingerprint density at radius 1 is 1.26 bits per heavy atom. The van der Waals surface area contributed by atoms with E-state index < -0.39 is 29.0 Å². The van der Waals surface area contributed by atoms with E-state index in [0.717, 1.165) is 29.7 Å². The van der Waals surface area contributed by atoms with Gasteiger partial charge in [-0.2, -0.15) is 13.2 Å². The van der Waals surface area contributed by atoms with Gasteiger partial charge in [0, 0.05) is 21.7 Å². The number of hydrogen-bond donors (Lipinski definition) is 1. The van der Waals surface area contributed by atoms with Crippen molar-refractivity contribution < 1.29 is 57.7 Å². The molecule has 12 heteroatoms. The number of nitrogens with zero attached hydrogens (tertiary/aromatic N) is 2. The van der Waals surface area contributed by atoms with Crippen LogP contribution in [0.5, 0.6) is 0 Å². The zero-order valence-electron chi connectivity index (χ0n) is 13.9. The first-order chi connectivity index (χ1) is 12.1. The van der Waals surface area contributed by atoms with Crippen LogP contribution in [0, 0.1) is 0 Å². The van der Waals surface area contributed by atoms with Gasteiger partial charge in [0.05, 0.1) is 11.5 Å². The van der Waals surface area contributed by atoms with Gasteiger partial charge in [0.2, 0.25) is 5.76 Å². The van der Waals surface area contributed by atoms with E-state index in [1.54, 1.807) is 30.5 Å². The predicted molar refractivity (Wildman–Crippen MR) is 90.0 cm³/mol. The summed E-state index contributed by atoms with van der Waals surface area (Å²) >= 11 is 7.81. The third kappa shape index (κ3) is 6.30. The Morgan fingerprint density at radius 2 is 1.85 bits per heavy atom. The standard InChI is InChI=1S/C15H10ClF3N2O3S2.Na/c1-25-14-20-6-9(10(13(23)24)11(22)15(17,18)19)12(21-14)26-8-4-2-7(16)3-5-8;/h2-6,22H,1H3,(H,23,24);/q;+1/p-1/b11-10-;. The average Bonchev–Trinajstić information content (AvgIpc) is 2.57. The third-order valence-corrected chi connectivity index (χ3v) is 4.75. The molecule has 1 aromatic heterocycles. The number of aliphatic carboxylic acids is 1. The smallest absolute Gasteiger partial charge is 0.545 e. The molecule has 0 amide bonds. The topological polar surface area (TPSA) is 86.1 Å². The maximum absolute atomic E-state index is 12.8. The summed E-state index contributed by atoms with van der Waals surface area (Å²) in [6.45, 7) is 0. The van der Waals surface area contributed by atoms with Crippen molar-refractivity contribution in [1.82, 2.24) is 9.97 Å². The summed E-state index contributed by atoms with van der Waals surface area (Å²) < 4.78 is 38.5. The van der Waals surface area contributed by atoms with Gasteiger partial charge in [-0.15, -0.1) is 0 Å². The van der Waals surface area contributed by atoms with Gasteiger partial charge >= 0.3 is 35.7 Å². The summed E-state index contributed by atoms with van der Waals surface area (Å²) in [5.41, 5.74) is -1.93. The molecular formula is C15H9ClF3N2NaO3S2. The maximum atomic E-state index is 12.8. The van der Waals surface area contributed by atoms with Crippen molar-refractivity contribution in [3.63, 3.8) is 0 Å². The quantitative estimate of drug-likeness (QED) is 0.180. The summed E-state index contributed by atoms with van der Waals surface area (Å²) in [4.78, 5) is 19.7. The minimum Gasteiger partial charge on any atom is -0.545 e. The molecular weight excluding hydrogens is 436 g/mol. The number of carboxylic acids is 1. The van der Waals surface area contributed by atoms with Crippen LogP contribution in [0.15, 0.2) is 51.3 Å². The molecule has 5 nitrogen and oxygen atoms in total. The number of allylic oxidation sites excluding steroid dienone is 1. The Hall–Kier alpha value is -0.910. The molecule has 0 radical (unpaired) electrons. The Labute approximate surface area is 187 Å². The van der Waals surface area contributed by atoms with Crippen LogP contribution in [0.25, 0.3) is 5.57 Å². The second kappa shape index (κ2) is 10.0. The van der Waals surface area contributed by atoms with E-state index >= 15 is 0 Å². The number of halogens is 4. The first-order valence-electron chi connectivity index (χ1n) is 6.70. The zero-order chi connectivity index (χ0) is 19.5. The summed E-state index contributed by atoms with van der Waals surface area (Å²) in [5, 5.41) is 21.2. The normalized spacial score (nSPS) is 12.2. The molecule has 138 valence electrons. The van der Waals surface area contributed by atoms with Crippen molar-refractivity contribution in [1.29, 1.82) is 0 Å². The molecule has 0 fully saturated rings. The third-order valence-electron chi connectivity index (χ3n) is 2.92. The Balaban J connectivity index is 0.00000364. The second-order valence-corrected chi connectivity index (χ2v) is 6.91. The van der Waals surface area contributed by atoms with Crippen LogP contribution >= 0.6 is 35.1 Å². The number of carboxylic acid groups (broad SMARTS) is 1. The van der Waals surface area contributed by atoms with Gasteiger partial charge in [-0.3, -0.25) is 0 Å². The zero-order valence-corrected chi connectivity index (χ0v) is 18.3. The van der Waals surface area contributed by atoms with Gasteiger partial charge < -0.3 is 15.0 Å². The second-order valence-electron chi connectivity index (χ2n) is 4.64. The molecule has 0 aliphatic rings. The van der Waals surface area contributed by atoms with Crippen molar-refractivity contribution in [3.05, 3.63) is 46.8 Å². The molecule has 0 unspecified atom stereocenters. The molecule has 1 heterocycles. The number of aliphatic hydroxyl groups is 1. The van der Waals surface area contributed by atoms with Gasteiger partial charge in [0.25, 0.3) is 0 Å². The Kier molecular flexibility index (Phi) is 8.97. The first kappa shape index (κ1) is 24.1. The van der Waals surface area contributed by atoms with E-state index in [4.69, 9.17) is 11.6 Å². The minimum absolute atomic E-state index is 0. The van der Waals surface area contributed by atoms with Gasteiger partial charge in [-0.05, 0) is 30.5 Å². The number of carbonyl (C=O) groups excluding carboxylic acids is 1. The van der Waals surface area contributed by atoms with E-state index in [9.17, 15) is 28.2 Å². The molecule has 0 saturated heterocycles. The van der Waals surface area contributed by atoms with E-state index in [0.29, 0.717) is 9.92 Å². The predicted octanol–water partition coefficient (Wildman–Crippen LogP) is 0.588. The fourth-order valence-electron chi connectivity index (χ4n) is 1.79. The average molecular weight is 445 g/mol. The number of benzene rings is 1. The van der Waals surface area contributed by atoms with Crippen molar-refractivity contribution in [2.24, 2.45) is 0 Å². The Morgan fingerprint density at radius 3 is 2.33 bits per heavy atom. The molecule has 0 bridgehead atoms.